The zero-order chi connectivity index (χ0) is 18.8. The first-order valence-electron chi connectivity index (χ1n) is 8.45. The van der Waals surface area contributed by atoms with E-state index in [1.54, 1.807) is 13.8 Å². The largest absolute Gasteiger partial charge is 0.466 e. The number of esters is 1. The van der Waals surface area contributed by atoms with Crippen LogP contribution in [0.2, 0.25) is 0 Å². The van der Waals surface area contributed by atoms with E-state index in [-0.39, 0.29) is 31.0 Å². The number of allylic oxidation sites excluding steroid dienone is 3. The topological polar surface area (TPSA) is 52.3 Å². The maximum absolute atomic E-state index is 14.9. The highest BCUT2D eigenvalue weighted by Gasteiger charge is 2.47. The van der Waals surface area contributed by atoms with Crippen molar-refractivity contribution in [2.75, 3.05) is 6.61 Å². The third-order valence-electron chi connectivity index (χ3n) is 4.84. The summed E-state index contributed by atoms with van der Waals surface area (Å²) >= 11 is 0. The summed E-state index contributed by atoms with van der Waals surface area (Å²) in [7, 11) is 0. The molecule has 26 heavy (non-hydrogen) atoms. The minimum atomic E-state index is -3.10. The summed E-state index contributed by atoms with van der Waals surface area (Å²) in [4.78, 5) is 11.7. The Kier molecular flexibility index (Phi) is 7.54. The average Bonchev–Trinajstić information content (AvgIpc) is 2.54. The fourth-order valence-corrected chi connectivity index (χ4v) is 3.21. The monoisotopic (exact) mass is 385 g/mol. The molecule has 0 aromatic heterocycles. The summed E-state index contributed by atoms with van der Waals surface area (Å²) in [6.07, 6.45) is 1.28. The van der Waals surface area contributed by atoms with Crippen molar-refractivity contribution in [3.8, 4) is 0 Å². The number of benzene rings is 1. The van der Waals surface area contributed by atoms with Crippen molar-refractivity contribution in [3.63, 3.8) is 0 Å². The molecule has 2 rings (SSSR count). The highest BCUT2D eigenvalue weighted by atomic mass is 35.5. The van der Waals surface area contributed by atoms with Crippen molar-refractivity contribution in [2.45, 2.75) is 46.1 Å². The Labute approximate surface area is 159 Å². The number of halogens is 3. The van der Waals surface area contributed by atoms with Gasteiger partial charge in [0.1, 0.15) is 0 Å². The summed E-state index contributed by atoms with van der Waals surface area (Å²) in [6, 6.07) is 6.63. The van der Waals surface area contributed by atoms with Crippen LogP contribution in [0.1, 0.15) is 38.3 Å². The van der Waals surface area contributed by atoms with Crippen molar-refractivity contribution in [2.24, 2.45) is 11.7 Å². The molecule has 0 fully saturated rings. The molecule has 2 N–H and O–H groups in total. The van der Waals surface area contributed by atoms with Crippen LogP contribution in [-0.2, 0) is 9.53 Å². The lowest BCUT2D eigenvalue weighted by Gasteiger charge is -2.35. The quantitative estimate of drug-likeness (QED) is 0.748. The van der Waals surface area contributed by atoms with E-state index in [1.165, 1.54) is 13.0 Å². The van der Waals surface area contributed by atoms with Crippen LogP contribution in [-0.4, -0.2) is 24.5 Å². The van der Waals surface area contributed by atoms with Crippen LogP contribution < -0.4 is 5.73 Å². The molecule has 0 aliphatic heterocycles. The lowest BCUT2D eigenvalue weighted by Crippen LogP contribution is -2.45. The number of carbonyl (C=O) groups excluding carboxylic acids is 1. The van der Waals surface area contributed by atoms with Crippen LogP contribution in [0, 0.1) is 12.8 Å². The number of hydrogen-bond acceptors (Lipinski definition) is 3. The number of hydrogen-bond donors (Lipinski definition) is 1. The fraction of sp³-hybridized carbons (Fsp3) is 0.450. The Morgan fingerprint density at radius 1 is 1.27 bits per heavy atom. The smallest absolute Gasteiger partial charge is 0.307 e. The summed E-state index contributed by atoms with van der Waals surface area (Å²) < 4.78 is 34.6. The van der Waals surface area contributed by atoms with Crippen LogP contribution >= 0.6 is 12.4 Å². The van der Waals surface area contributed by atoms with E-state index in [9.17, 15) is 13.6 Å². The second kappa shape index (κ2) is 8.78. The van der Waals surface area contributed by atoms with E-state index in [0.29, 0.717) is 5.57 Å². The van der Waals surface area contributed by atoms with E-state index in [2.05, 4.69) is 0 Å². The first kappa shape index (κ1) is 22.3. The Hall–Kier alpha value is -1.72. The van der Waals surface area contributed by atoms with Gasteiger partial charge in [-0.3, -0.25) is 4.79 Å². The van der Waals surface area contributed by atoms with Crippen LogP contribution in [0.4, 0.5) is 8.78 Å². The normalized spacial score (nSPS) is 20.1. The third-order valence-corrected chi connectivity index (χ3v) is 4.84. The SMILES string of the molecule is CCOC(=O)CC(N)C1C=C(c2ccccc2C)C(C)=C(C)C1(F)F.Cl. The maximum Gasteiger partial charge on any atom is 0.307 e. The Morgan fingerprint density at radius 2 is 1.88 bits per heavy atom. The Bertz CT molecular complexity index is 728. The molecular formula is C20H26ClF2NO2. The molecular weight excluding hydrogens is 360 g/mol. The van der Waals surface area contributed by atoms with Gasteiger partial charge in [0.05, 0.1) is 18.9 Å². The third kappa shape index (κ3) is 4.33. The molecule has 1 aliphatic rings. The van der Waals surface area contributed by atoms with Gasteiger partial charge in [-0.2, -0.15) is 0 Å². The van der Waals surface area contributed by atoms with Gasteiger partial charge < -0.3 is 10.5 Å². The fourth-order valence-electron chi connectivity index (χ4n) is 3.21. The summed E-state index contributed by atoms with van der Waals surface area (Å²) in [6.45, 7) is 6.96. The zero-order valence-electron chi connectivity index (χ0n) is 15.5. The molecule has 1 aliphatic carbocycles. The molecule has 0 saturated heterocycles. The van der Waals surface area contributed by atoms with Crippen LogP contribution in [0.3, 0.4) is 0 Å². The molecule has 2 atom stereocenters. The molecule has 3 nitrogen and oxygen atoms in total. The van der Waals surface area contributed by atoms with Gasteiger partial charge in [-0.1, -0.05) is 30.3 Å². The van der Waals surface area contributed by atoms with Gasteiger partial charge >= 0.3 is 5.97 Å². The van der Waals surface area contributed by atoms with Crippen molar-refractivity contribution in [3.05, 3.63) is 52.6 Å². The highest BCUT2D eigenvalue weighted by molar-refractivity contribution is 5.85. The zero-order valence-corrected chi connectivity index (χ0v) is 16.3. The molecule has 0 radical (unpaired) electrons. The standard InChI is InChI=1S/C20H25F2NO2.ClH/c1-5-25-19(24)11-18(23)17-10-16(13(3)14(4)20(17,21)22)15-9-7-6-8-12(15)2;/h6-10,17-18H,5,11,23H2,1-4H3;1H. The summed E-state index contributed by atoms with van der Waals surface area (Å²) in [5.41, 5.74) is 9.21. The molecule has 0 saturated carbocycles. The van der Waals surface area contributed by atoms with Gasteiger partial charge in [0, 0.05) is 6.04 Å². The molecule has 0 amide bonds. The van der Waals surface area contributed by atoms with E-state index in [0.717, 1.165) is 16.7 Å². The van der Waals surface area contributed by atoms with Crippen molar-refractivity contribution >= 4 is 23.9 Å². The molecule has 0 spiro atoms. The van der Waals surface area contributed by atoms with E-state index in [4.69, 9.17) is 10.5 Å². The summed E-state index contributed by atoms with van der Waals surface area (Å²) in [5, 5.41) is 0. The number of ether oxygens (including phenoxy) is 1. The number of nitrogens with two attached hydrogens (primary N) is 1. The van der Waals surface area contributed by atoms with Crippen LogP contribution in [0.5, 0.6) is 0 Å². The number of rotatable bonds is 5. The van der Waals surface area contributed by atoms with Crippen molar-refractivity contribution in [1.29, 1.82) is 0 Å². The second-order valence-electron chi connectivity index (χ2n) is 6.47. The molecule has 0 bridgehead atoms. The molecule has 144 valence electrons. The van der Waals surface area contributed by atoms with Gasteiger partial charge in [0.2, 0.25) is 0 Å². The average molecular weight is 386 g/mol. The highest BCUT2D eigenvalue weighted by Crippen LogP contribution is 2.46. The van der Waals surface area contributed by atoms with Crippen LogP contribution in [0.25, 0.3) is 5.57 Å². The van der Waals surface area contributed by atoms with E-state index >= 15 is 0 Å². The second-order valence-corrected chi connectivity index (χ2v) is 6.47. The minimum absolute atomic E-state index is 0. The predicted molar refractivity (Wildman–Crippen MR) is 102 cm³/mol. The minimum Gasteiger partial charge on any atom is -0.466 e. The molecule has 1 aromatic carbocycles. The van der Waals surface area contributed by atoms with Gasteiger partial charge in [0.25, 0.3) is 5.92 Å². The first-order chi connectivity index (χ1) is 11.7. The van der Waals surface area contributed by atoms with Gasteiger partial charge in [0.15, 0.2) is 0 Å². The molecule has 2 unspecified atom stereocenters. The first-order valence-corrected chi connectivity index (χ1v) is 8.45. The molecule has 6 heteroatoms. The lowest BCUT2D eigenvalue weighted by molar-refractivity contribution is -0.144. The maximum atomic E-state index is 14.9. The number of carbonyl (C=O) groups is 1. The van der Waals surface area contributed by atoms with Gasteiger partial charge in [-0.25, -0.2) is 8.78 Å². The van der Waals surface area contributed by atoms with E-state index < -0.39 is 23.9 Å². The Morgan fingerprint density at radius 3 is 2.46 bits per heavy atom. The molecule has 1 aromatic rings. The molecule has 0 heterocycles. The predicted octanol–water partition coefficient (Wildman–Crippen LogP) is 4.68. The summed E-state index contributed by atoms with van der Waals surface area (Å²) in [5.74, 6) is -4.90. The Balaban J connectivity index is 0.00000338. The van der Waals surface area contributed by atoms with Gasteiger partial charge in [-0.15, -0.1) is 12.4 Å². The van der Waals surface area contributed by atoms with E-state index in [1.807, 2.05) is 31.2 Å². The van der Waals surface area contributed by atoms with Crippen molar-refractivity contribution < 1.29 is 18.3 Å². The number of aryl methyl sites for hydroxylation is 1. The van der Waals surface area contributed by atoms with Crippen molar-refractivity contribution in [1.82, 2.24) is 0 Å². The van der Waals surface area contributed by atoms with Crippen LogP contribution in [0.15, 0.2) is 41.5 Å². The number of alkyl halides is 2. The lowest BCUT2D eigenvalue weighted by atomic mass is 9.76. The van der Waals surface area contributed by atoms with Gasteiger partial charge in [-0.05, 0) is 55.5 Å².